The number of rotatable bonds is 7. The van der Waals surface area contributed by atoms with Crippen LogP contribution in [0.1, 0.15) is 80.2 Å². The first-order chi connectivity index (χ1) is 18.5. The van der Waals surface area contributed by atoms with Crippen molar-refractivity contribution in [2.45, 2.75) is 76.3 Å². The van der Waals surface area contributed by atoms with E-state index in [-0.39, 0.29) is 28.9 Å². The molecule has 2 aromatic carbocycles. The van der Waals surface area contributed by atoms with Gasteiger partial charge in [0.25, 0.3) is 0 Å². The first-order valence-electron chi connectivity index (χ1n) is 13.6. The Bertz CT molecular complexity index is 1280. The number of ether oxygens (including phenoxy) is 2. The summed E-state index contributed by atoms with van der Waals surface area (Å²) in [4.78, 5) is 13.9. The number of aryl methyl sites for hydroxylation is 1. The third-order valence-electron chi connectivity index (χ3n) is 8.78. The first-order valence-corrected chi connectivity index (χ1v) is 13.6. The van der Waals surface area contributed by atoms with Gasteiger partial charge in [0, 0.05) is 24.7 Å². The molecule has 3 aliphatic rings. The van der Waals surface area contributed by atoms with E-state index in [1.807, 2.05) is 19.1 Å². The highest BCUT2D eigenvalue weighted by atomic mass is 19.4. The summed E-state index contributed by atoms with van der Waals surface area (Å²) in [5, 5.41) is 19.0. The van der Waals surface area contributed by atoms with Crippen LogP contribution in [0, 0.1) is 23.2 Å². The normalized spacial score (nSPS) is 21.2. The molecule has 1 spiro atoms. The minimum atomic E-state index is -4.82. The number of hydrogen-bond acceptors (Lipinski definition) is 5. The molecule has 2 aromatic rings. The monoisotopic (exact) mass is 542 g/mol. The van der Waals surface area contributed by atoms with Crippen LogP contribution in [0.15, 0.2) is 36.4 Å². The Labute approximate surface area is 226 Å². The number of piperidine rings is 1. The maximum absolute atomic E-state index is 13.0. The number of hydrogen-bond donors (Lipinski definition) is 1. The molecular weight excluding hydrogens is 509 g/mol. The van der Waals surface area contributed by atoms with Gasteiger partial charge in [0.2, 0.25) is 0 Å². The first kappa shape index (κ1) is 27.3. The minimum Gasteiger partial charge on any atom is -0.487 e. The molecule has 1 saturated carbocycles. The zero-order chi connectivity index (χ0) is 27.9. The fourth-order valence-corrected chi connectivity index (χ4v) is 6.33. The second-order valence-corrected chi connectivity index (χ2v) is 11.3. The highest BCUT2D eigenvalue weighted by Gasteiger charge is 2.43. The summed E-state index contributed by atoms with van der Waals surface area (Å²) in [6, 6.07) is 11.8. The van der Waals surface area contributed by atoms with Gasteiger partial charge < -0.3 is 14.6 Å². The molecule has 0 radical (unpaired) electrons. The van der Waals surface area contributed by atoms with Crippen LogP contribution in [0.25, 0.3) is 0 Å². The zero-order valence-corrected chi connectivity index (χ0v) is 22.1. The Hall–Kier alpha value is -3.25. The summed E-state index contributed by atoms with van der Waals surface area (Å²) in [6.45, 7) is 4.86. The van der Waals surface area contributed by atoms with Gasteiger partial charge in [0.05, 0.1) is 17.6 Å². The third-order valence-corrected chi connectivity index (χ3v) is 8.78. The molecule has 39 heavy (non-hydrogen) atoms. The Morgan fingerprint density at radius 3 is 2.49 bits per heavy atom. The largest absolute Gasteiger partial charge is 0.573 e. The summed E-state index contributed by atoms with van der Waals surface area (Å²) >= 11 is 0. The van der Waals surface area contributed by atoms with Gasteiger partial charge in [-0.3, -0.25) is 9.69 Å². The van der Waals surface area contributed by atoms with Crippen molar-refractivity contribution >= 4 is 5.97 Å². The van der Waals surface area contributed by atoms with Gasteiger partial charge >= 0.3 is 12.3 Å². The Morgan fingerprint density at radius 1 is 1.15 bits per heavy atom. The van der Waals surface area contributed by atoms with E-state index >= 15 is 0 Å². The smallest absolute Gasteiger partial charge is 0.487 e. The van der Waals surface area contributed by atoms with Crippen molar-refractivity contribution < 1.29 is 32.5 Å². The van der Waals surface area contributed by atoms with Gasteiger partial charge in [-0.05, 0) is 92.7 Å². The van der Waals surface area contributed by atoms with Gasteiger partial charge in [0.15, 0.2) is 0 Å². The maximum Gasteiger partial charge on any atom is 0.573 e. The molecule has 2 fully saturated rings. The van der Waals surface area contributed by atoms with Gasteiger partial charge in [0.1, 0.15) is 17.1 Å². The van der Waals surface area contributed by atoms with E-state index in [4.69, 9.17) is 4.74 Å². The molecule has 2 aliphatic heterocycles. The molecule has 5 rings (SSSR count). The molecule has 0 bridgehead atoms. The van der Waals surface area contributed by atoms with Gasteiger partial charge in [-0.1, -0.05) is 19.1 Å². The van der Waals surface area contributed by atoms with Crippen LogP contribution in [0.5, 0.6) is 11.5 Å². The Kier molecular flexibility index (Phi) is 7.27. The van der Waals surface area contributed by atoms with Crippen molar-refractivity contribution in [2.24, 2.45) is 11.8 Å². The molecule has 2 unspecified atom stereocenters. The third kappa shape index (κ3) is 5.86. The lowest BCUT2D eigenvalue weighted by Crippen LogP contribution is -2.50. The molecule has 1 saturated heterocycles. The second-order valence-electron chi connectivity index (χ2n) is 11.3. The van der Waals surface area contributed by atoms with E-state index in [9.17, 15) is 28.3 Å². The molecule has 1 aliphatic carbocycles. The summed E-state index contributed by atoms with van der Waals surface area (Å²) in [5.74, 6) is -0.357. The molecule has 0 aromatic heterocycles. The summed E-state index contributed by atoms with van der Waals surface area (Å²) in [6.07, 6.45) is 0.416. The fraction of sp³-hybridized carbons (Fsp3) is 0.533. The van der Waals surface area contributed by atoms with Crippen molar-refractivity contribution in [3.05, 3.63) is 58.7 Å². The number of aliphatic carboxylic acids is 1. The van der Waals surface area contributed by atoms with E-state index in [0.717, 1.165) is 42.6 Å². The fourth-order valence-electron chi connectivity index (χ4n) is 6.33. The topological polar surface area (TPSA) is 82.8 Å². The maximum atomic E-state index is 13.0. The van der Waals surface area contributed by atoms with Crippen LogP contribution in [0.2, 0.25) is 0 Å². The quantitative estimate of drug-likeness (QED) is 0.425. The highest BCUT2D eigenvalue weighted by Crippen LogP contribution is 2.49. The van der Waals surface area contributed by atoms with Gasteiger partial charge in [-0.2, -0.15) is 5.26 Å². The molecule has 3 atom stereocenters. The number of carbonyl (C=O) groups is 1. The van der Waals surface area contributed by atoms with Crippen LogP contribution < -0.4 is 9.47 Å². The van der Waals surface area contributed by atoms with Crippen molar-refractivity contribution in [2.75, 3.05) is 13.1 Å². The molecule has 1 N–H and O–H groups in total. The van der Waals surface area contributed by atoms with Crippen LogP contribution in [-0.2, 0) is 11.2 Å². The van der Waals surface area contributed by atoms with E-state index in [0.29, 0.717) is 37.4 Å². The lowest BCUT2D eigenvalue weighted by atomic mass is 9.80. The van der Waals surface area contributed by atoms with E-state index in [2.05, 4.69) is 21.8 Å². The van der Waals surface area contributed by atoms with E-state index in [1.165, 1.54) is 18.2 Å². The minimum absolute atomic E-state index is 0.0331. The van der Waals surface area contributed by atoms with Crippen LogP contribution in [0.3, 0.4) is 0 Å². The second kappa shape index (κ2) is 10.4. The standard InChI is InChI=1S/C30H33F3N2O4/c1-18(28(36)37)27(22-5-6-22)23-7-4-21-9-10-29(38-26(21)16-23)11-13-35(14-12-29)19(2)24-15-20(17-34)3-8-25(24)39-30(31,32)33/h3-4,7-8,15-16,18-19,22,27H,5-6,9-14H2,1-2H3,(H,36,37)/t18-,19?,27?/m0/s1. The molecular formula is C30H33F3N2O4. The van der Waals surface area contributed by atoms with Gasteiger partial charge in [-0.25, -0.2) is 0 Å². The summed E-state index contributed by atoms with van der Waals surface area (Å²) in [5.41, 5.74) is 2.39. The van der Waals surface area contributed by atoms with Crippen LogP contribution in [0.4, 0.5) is 13.2 Å². The molecule has 2 heterocycles. The van der Waals surface area contributed by atoms with E-state index < -0.39 is 18.2 Å². The average Bonchev–Trinajstić information content (AvgIpc) is 3.73. The Balaban J connectivity index is 1.31. The van der Waals surface area contributed by atoms with Crippen molar-refractivity contribution in [3.63, 3.8) is 0 Å². The van der Waals surface area contributed by atoms with Crippen LogP contribution in [-0.4, -0.2) is 41.0 Å². The van der Waals surface area contributed by atoms with Gasteiger partial charge in [-0.15, -0.1) is 13.2 Å². The number of benzene rings is 2. The van der Waals surface area contributed by atoms with Crippen LogP contribution >= 0.6 is 0 Å². The number of nitrogens with zero attached hydrogens (tertiary/aromatic N) is 2. The molecule has 6 nitrogen and oxygen atoms in total. The predicted molar refractivity (Wildman–Crippen MR) is 137 cm³/mol. The number of likely N-dealkylation sites (tertiary alicyclic amines) is 1. The zero-order valence-electron chi connectivity index (χ0n) is 22.1. The van der Waals surface area contributed by atoms with E-state index in [1.54, 1.807) is 6.92 Å². The number of fused-ring (bicyclic) bond motifs is 1. The lowest BCUT2D eigenvalue weighted by Gasteiger charge is -2.46. The Morgan fingerprint density at radius 2 is 1.87 bits per heavy atom. The number of carboxylic acids is 1. The summed E-state index contributed by atoms with van der Waals surface area (Å²) in [7, 11) is 0. The SMILES string of the molecule is CC(c1cc(C#N)ccc1OC(F)(F)F)N1CCC2(CCc3ccc(C(C4CC4)[C@H](C)C(=O)O)cc3O2)CC1. The predicted octanol–water partition coefficient (Wildman–Crippen LogP) is 6.59. The number of alkyl halides is 3. The number of carboxylic acid groups (broad SMARTS) is 1. The van der Waals surface area contributed by atoms with Crippen molar-refractivity contribution in [3.8, 4) is 17.6 Å². The summed E-state index contributed by atoms with van der Waals surface area (Å²) < 4.78 is 50.0. The number of halogens is 3. The number of nitriles is 1. The molecule has 208 valence electrons. The van der Waals surface area contributed by atoms with Crippen molar-refractivity contribution in [1.82, 2.24) is 4.90 Å². The lowest BCUT2D eigenvalue weighted by molar-refractivity contribution is -0.275. The molecule has 9 heteroatoms. The average molecular weight is 543 g/mol. The molecule has 0 amide bonds. The highest BCUT2D eigenvalue weighted by molar-refractivity contribution is 5.71. The van der Waals surface area contributed by atoms with Crippen molar-refractivity contribution in [1.29, 1.82) is 5.26 Å².